The van der Waals surface area contributed by atoms with Crippen LogP contribution >= 0.6 is 0 Å². The number of carbonyl (C=O) groups is 1. The van der Waals surface area contributed by atoms with Crippen LogP contribution in [-0.4, -0.2) is 37.6 Å². The highest BCUT2D eigenvalue weighted by Gasteiger charge is 2.44. The van der Waals surface area contributed by atoms with E-state index in [-0.39, 0.29) is 30.2 Å². The summed E-state index contributed by atoms with van der Waals surface area (Å²) in [5, 5.41) is 3.02. The normalized spacial score (nSPS) is 23.2. The summed E-state index contributed by atoms with van der Waals surface area (Å²) in [6.07, 6.45) is -2.32. The van der Waals surface area contributed by atoms with Crippen LogP contribution in [0.15, 0.2) is 42.5 Å². The SMILES string of the molecule is O=C(NC1CC1)[C@H]1Cc2cc(C(F)(F)F)ccc2N2CCN(c3ccccc3F)C[C@H]12. The highest BCUT2D eigenvalue weighted by Crippen LogP contribution is 2.40. The van der Waals surface area contributed by atoms with Crippen molar-refractivity contribution < 1.29 is 22.4 Å². The molecule has 1 saturated heterocycles. The topological polar surface area (TPSA) is 35.6 Å². The predicted octanol–water partition coefficient (Wildman–Crippen LogP) is 3.99. The molecule has 164 valence electrons. The number of para-hydroxylation sites is 1. The van der Waals surface area contributed by atoms with Crippen molar-refractivity contribution in [1.82, 2.24) is 5.32 Å². The van der Waals surface area contributed by atoms with Gasteiger partial charge in [0.15, 0.2) is 0 Å². The molecular formula is C23H23F4N3O. The van der Waals surface area contributed by atoms with Gasteiger partial charge in [0, 0.05) is 31.4 Å². The fourth-order valence-electron chi connectivity index (χ4n) is 4.76. The van der Waals surface area contributed by atoms with Gasteiger partial charge in [-0.05, 0) is 55.2 Å². The maximum atomic E-state index is 14.4. The van der Waals surface area contributed by atoms with Crippen molar-refractivity contribution in [1.29, 1.82) is 0 Å². The Bertz CT molecular complexity index is 1000. The molecule has 8 heteroatoms. The van der Waals surface area contributed by atoms with E-state index in [4.69, 9.17) is 0 Å². The zero-order valence-corrected chi connectivity index (χ0v) is 16.8. The average Bonchev–Trinajstić information content (AvgIpc) is 3.56. The van der Waals surface area contributed by atoms with Crippen LogP contribution in [0.1, 0.15) is 24.0 Å². The van der Waals surface area contributed by atoms with Crippen LogP contribution in [0.3, 0.4) is 0 Å². The first-order chi connectivity index (χ1) is 14.8. The van der Waals surface area contributed by atoms with E-state index < -0.39 is 17.7 Å². The molecule has 0 unspecified atom stereocenters. The fraction of sp³-hybridized carbons (Fsp3) is 0.435. The molecule has 1 amide bonds. The smallest absolute Gasteiger partial charge is 0.365 e. The first-order valence-electron chi connectivity index (χ1n) is 10.6. The highest BCUT2D eigenvalue weighted by molar-refractivity contribution is 5.83. The van der Waals surface area contributed by atoms with Gasteiger partial charge in [-0.15, -0.1) is 0 Å². The van der Waals surface area contributed by atoms with Crippen LogP contribution in [0.2, 0.25) is 0 Å². The molecule has 0 aromatic heterocycles. The molecule has 1 aliphatic carbocycles. The lowest BCUT2D eigenvalue weighted by Gasteiger charge is -2.49. The number of anilines is 2. The summed E-state index contributed by atoms with van der Waals surface area (Å²) >= 11 is 0. The molecule has 4 nitrogen and oxygen atoms in total. The summed E-state index contributed by atoms with van der Waals surface area (Å²) in [5.74, 6) is -0.942. The highest BCUT2D eigenvalue weighted by atomic mass is 19.4. The summed E-state index contributed by atoms with van der Waals surface area (Å²) in [6.45, 7) is 1.46. The van der Waals surface area contributed by atoms with E-state index in [1.165, 1.54) is 18.2 Å². The number of amides is 1. The van der Waals surface area contributed by atoms with E-state index >= 15 is 0 Å². The molecule has 2 atom stereocenters. The third-order valence-electron chi connectivity index (χ3n) is 6.49. The first kappa shape index (κ1) is 20.2. The van der Waals surface area contributed by atoms with E-state index in [9.17, 15) is 22.4 Å². The number of hydrogen-bond acceptors (Lipinski definition) is 3. The first-order valence-corrected chi connectivity index (χ1v) is 10.6. The Hall–Kier alpha value is -2.77. The van der Waals surface area contributed by atoms with Gasteiger partial charge in [-0.3, -0.25) is 4.79 Å². The lowest BCUT2D eigenvalue weighted by Crippen LogP contribution is -2.61. The van der Waals surface area contributed by atoms with Gasteiger partial charge in [-0.1, -0.05) is 12.1 Å². The third-order valence-corrected chi connectivity index (χ3v) is 6.49. The fourth-order valence-corrected chi connectivity index (χ4v) is 4.76. The van der Waals surface area contributed by atoms with Crippen LogP contribution in [0.4, 0.5) is 28.9 Å². The number of nitrogens with zero attached hydrogens (tertiary/aromatic N) is 2. The van der Waals surface area contributed by atoms with Crippen molar-refractivity contribution in [2.24, 2.45) is 5.92 Å². The predicted molar refractivity (Wildman–Crippen MR) is 110 cm³/mol. The molecule has 2 aromatic carbocycles. The molecule has 2 heterocycles. The largest absolute Gasteiger partial charge is 0.416 e. The van der Waals surface area contributed by atoms with Crippen molar-refractivity contribution >= 4 is 17.3 Å². The van der Waals surface area contributed by atoms with E-state index in [0.717, 1.165) is 24.6 Å². The Labute approximate surface area is 177 Å². The van der Waals surface area contributed by atoms with Gasteiger partial charge < -0.3 is 15.1 Å². The number of carbonyl (C=O) groups excluding carboxylic acids is 1. The number of hydrogen-bond donors (Lipinski definition) is 1. The molecular weight excluding hydrogens is 410 g/mol. The van der Waals surface area contributed by atoms with E-state index in [1.54, 1.807) is 18.2 Å². The molecule has 5 rings (SSSR count). The van der Waals surface area contributed by atoms with Gasteiger partial charge in [-0.25, -0.2) is 4.39 Å². The van der Waals surface area contributed by atoms with E-state index in [1.807, 2.05) is 9.80 Å². The van der Waals surface area contributed by atoms with Crippen molar-refractivity contribution in [2.45, 2.75) is 37.5 Å². The number of rotatable bonds is 3. The minimum Gasteiger partial charge on any atom is -0.365 e. The van der Waals surface area contributed by atoms with Crippen LogP contribution in [0, 0.1) is 11.7 Å². The summed E-state index contributed by atoms with van der Waals surface area (Å²) in [4.78, 5) is 17.0. The van der Waals surface area contributed by atoms with Crippen molar-refractivity contribution in [2.75, 3.05) is 29.4 Å². The molecule has 2 aromatic rings. The Morgan fingerprint density at radius 2 is 1.81 bits per heavy atom. The van der Waals surface area contributed by atoms with E-state index in [0.29, 0.717) is 30.9 Å². The van der Waals surface area contributed by atoms with Gasteiger partial charge >= 0.3 is 6.18 Å². The molecule has 0 radical (unpaired) electrons. The Morgan fingerprint density at radius 3 is 2.52 bits per heavy atom. The molecule has 2 fully saturated rings. The quantitative estimate of drug-likeness (QED) is 0.744. The third kappa shape index (κ3) is 3.83. The number of benzene rings is 2. The summed E-state index contributed by atoms with van der Waals surface area (Å²) in [5.41, 5.74) is 1.07. The Balaban J connectivity index is 1.49. The molecule has 0 spiro atoms. The minimum atomic E-state index is -4.43. The van der Waals surface area contributed by atoms with Crippen LogP contribution in [0.5, 0.6) is 0 Å². The van der Waals surface area contributed by atoms with Crippen molar-refractivity contribution in [3.05, 3.63) is 59.4 Å². The maximum Gasteiger partial charge on any atom is 0.416 e. The summed E-state index contributed by atoms with van der Waals surface area (Å²) in [7, 11) is 0. The molecule has 3 aliphatic rings. The summed E-state index contributed by atoms with van der Waals surface area (Å²) < 4.78 is 54.2. The molecule has 2 aliphatic heterocycles. The van der Waals surface area contributed by atoms with Crippen molar-refractivity contribution in [3.63, 3.8) is 0 Å². The van der Waals surface area contributed by atoms with Crippen LogP contribution in [-0.2, 0) is 17.4 Å². The second kappa shape index (κ2) is 7.43. The second-order valence-electron chi connectivity index (χ2n) is 8.59. The lowest BCUT2D eigenvalue weighted by atomic mass is 9.82. The lowest BCUT2D eigenvalue weighted by molar-refractivity contribution is -0.137. The molecule has 0 bridgehead atoms. The number of halogens is 4. The van der Waals surface area contributed by atoms with Gasteiger partial charge in [0.25, 0.3) is 0 Å². The number of nitrogens with one attached hydrogen (secondary N) is 1. The average molecular weight is 433 g/mol. The molecule has 31 heavy (non-hydrogen) atoms. The second-order valence-corrected chi connectivity index (χ2v) is 8.59. The van der Waals surface area contributed by atoms with Gasteiger partial charge in [-0.2, -0.15) is 13.2 Å². The van der Waals surface area contributed by atoms with Crippen LogP contribution in [0.25, 0.3) is 0 Å². The van der Waals surface area contributed by atoms with Gasteiger partial charge in [0.1, 0.15) is 5.82 Å². The number of fused-ring (bicyclic) bond motifs is 3. The monoisotopic (exact) mass is 433 g/mol. The van der Waals surface area contributed by atoms with Gasteiger partial charge in [0.2, 0.25) is 5.91 Å². The molecule has 1 saturated carbocycles. The number of alkyl halides is 3. The summed E-state index contributed by atoms with van der Waals surface area (Å²) in [6, 6.07) is 10.2. The maximum absolute atomic E-state index is 14.4. The molecule has 1 N–H and O–H groups in total. The van der Waals surface area contributed by atoms with Crippen molar-refractivity contribution in [3.8, 4) is 0 Å². The van der Waals surface area contributed by atoms with Crippen LogP contribution < -0.4 is 15.1 Å². The Morgan fingerprint density at radius 1 is 1.03 bits per heavy atom. The number of piperazine rings is 1. The van der Waals surface area contributed by atoms with Gasteiger partial charge in [0.05, 0.1) is 23.2 Å². The van der Waals surface area contributed by atoms with E-state index in [2.05, 4.69) is 5.32 Å². The zero-order valence-electron chi connectivity index (χ0n) is 16.8. The minimum absolute atomic E-state index is 0.129. The standard InChI is InChI=1S/C23H23F4N3O/c24-18-3-1-2-4-20(18)29-9-10-30-19-8-5-15(23(25,26)27)11-14(19)12-17(21(30)13-29)22(31)28-16-6-7-16/h1-5,8,11,16-17,21H,6-7,9-10,12-13H2,(H,28,31)/t17-,21+/m0/s1. The zero-order chi connectivity index (χ0) is 21.8. The Kier molecular flexibility index (Phi) is 4.83.